The Bertz CT molecular complexity index is 379. The zero-order chi connectivity index (χ0) is 14.3. The van der Waals surface area contributed by atoms with Crippen molar-refractivity contribution < 1.29 is 5.11 Å². The van der Waals surface area contributed by atoms with E-state index in [1.807, 2.05) is 0 Å². The molecule has 1 aliphatic rings. The molecule has 1 aliphatic carbocycles. The topological polar surface area (TPSA) is 32.3 Å². The molecule has 20 heavy (non-hydrogen) atoms. The van der Waals surface area contributed by atoms with Gasteiger partial charge in [0.2, 0.25) is 0 Å². The Morgan fingerprint density at radius 1 is 1.10 bits per heavy atom. The summed E-state index contributed by atoms with van der Waals surface area (Å²) in [6.45, 7) is 3.45. The van der Waals surface area contributed by atoms with Crippen LogP contribution in [-0.2, 0) is 6.42 Å². The summed E-state index contributed by atoms with van der Waals surface area (Å²) in [5.41, 5.74) is 2.72. The van der Waals surface area contributed by atoms with Crippen LogP contribution in [0, 0.1) is 5.41 Å². The molecule has 1 aromatic rings. The second-order valence-electron chi connectivity index (χ2n) is 6.37. The number of hydrogen-bond donors (Lipinski definition) is 2. The molecule has 112 valence electrons. The van der Waals surface area contributed by atoms with E-state index in [1.54, 1.807) is 0 Å². The van der Waals surface area contributed by atoms with E-state index in [0.717, 1.165) is 19.4 Å². The van der Waals surface area contributed by atoms with Crippen molar-refractivity contribution in [2.24, 2.45) is 5.41 Å². The van der Waals surface area contributed by atoms with Crippen LogP contribution < -0.4 is 5.32 Å². The Hall–Kier alpha value is -1.02. The minimum Gasteiger partial charge on any atom is -0.396 e. The molecule has 1 saturated carbocycles. The minimum absolute atomic E-state index is 0.110. The van der Waals surface area contributed by atoms with Gasteiger partial charge in [0.15, 0.2) is 0 Å². The number of rotatable bonds is 7. The van der Waals surface area contributed by atoms with Crippen LogP contribution in [-0.4, -0.2) is 18.3 Å². The second kappa shape index (κ2) is 7.68. The van der Waals surface area contributed by atoms with Gasteiger partial charge in [-0.3, -0.25) is 0 Å². The molecule has 2 nitrogen and oxygen atoms in total. The van der Waals surface area contributed by atoms with Crippen molar-refractivity contribution in [3.63, 3.8) is 0 Å². The lowest BCUT2D eigenvalue weighted by atomic mass is 9.74. The molecule has 1 aromatic carbocycles. The SMILES string of the molecule is CCCCc1ccc(NCC2(CO)CCCCC2)cc1. The molecule has 1 fully saturated rings. The van der Waals surface area contributed by atoms with Crippen molar-refractivity contribution in [2.45, 2.75) is 58.3 Å². The van der Waals surface area contributed by atoms with E-state index >= 15 is 0 Å². The highest BCUT2D eigenvalue weighted by Gasteiger charge is 2.30. The quantitative estimate of drug-likeness (QED) is 0.774. The Morgan fingerprint density at radius 3 is 2.40 bits per heavy atom. The fourth-order valence-corrected chi connectivity index (χ4v) is 3.15. The number of aryl methyl sites for hydroxylation is 1. The van der Waals surface area contributed by atoms with E-state index in [1.165, 1.54) is 49.8 Å². The molecule has 0 heterocycles. The summed E-state index contributed by atoms with van der Waals surface area (Å²) < 4.78 is 0. The average Bonchev–Trinajstić information content (AvgIpc) is 2.53. The second-order valence-corrected chi connectivity index (χ2v) is 6.37. The Labute approximate surface area is 123 Å². The summed E-state index contributed by atoms with van der Waals surface area (Å²) in [7, 11) is 0. The first-order chi connectivity index (χ1) is 9.78. The van der Waals surface area contributed by atoms with Crippen LogP contribution in [0.1, 0.15) is 57.4 Å². The lowest BCUT2D eigenvalue weighted by Gasteiger charge is -2.36. The third-order valence-corrected chi connectivity index (χ3v) is 4.69. The highest BCUT2D eigenvalue weighted by atomic mass is 16.3. The lowest BCUT2D eigenvalue weighted by Crippen LogP contribution is -2.35. The van der Waals surface area contributed by atoms with Crippen molar-refractivity contribution in [2.75, 3.05) is 18.5 Å². The predicted octanol–water partition coefficient (Wildman–Crippen LogP) is 4.38. The molecule has 2 rings (SSSR count). The first kappa shape index (κ1) is 15.4. The molecule has 0 aliphatic heterocycles. The van der Waals surface area contributed by atoms with Gasteiger partial charge < -0.3 is 10.4 Å². The maximum Gasteiger partial charge on any atom is 0.0504 e. The molecule has 2 N–H and O–H groups in total. The molecular formula is C18H29NO. The number of aliphatic hydroxyl groups is 1. The maximum atomic E-state index is 9.72. The molecule has 2 heteroatoms. The van der Waals surface area contributed by atoms with Gasteiger partial charge in [0.05, 0.1) is 6.61 Å². The zero-order valence-electron chi connectivity index (χ0n) is 12.8. The zero-order valence-corrected chi connectivity index (χ0v) is 12.8. The molecule has 0 saturated heterocycles. The van der Waals surface area contributed by atoms with Gasteiger partial charge in [-0.05, 0) is 43.4 Å². The van der Waals surface area contributed by atoms with E-state index in [2.05, 4.69) is 36.5 Å². The van der Waals surface area contributed by atoms with E-state index in [4.69, 9.17) is 0 Å². The molecule has 0 atom stereocenters. The number of unbranched alkanes of at least 4 members (excludes halogenated alkanes) is 1. The van der Waals surface area contributed by atoms with Crippen LogP contribution in [0.3, 0.4) is 0 Å². The van der Waals surface area contributed by atoms with Crippen LogP contribution in [0.5, 0.6) is 0 Å². The first-order valence-corrected chi connectivity index (χ1v) is 8.22. The maximum absolute atomic E-state index is 9.72. The average molecular weight is 275 g/mol. The van der Waals surface area contributed by atoms with Crippen LogP contribution in [0.2, 0.25) is 0 Å². The van der Waals surface area contributed by atoms with Gasteiger partial charge in [0.1, 0.15) is 0 Å². The van der Waals surface area contributed by atoms with Crippen molar-refractivity contribution in [3.05, 3.63) is 29.8 Å². The van der Waals surface area contributed by atoms with Crippen LogP contribution in [0.15, 0.2) is 24.3 Å². The van der Waals surface area contributed by atoms with Crippen molar-refractivity contribution in [3.8, 4) is 0 Å². The molecule has 0 aromatic heterocycles. The van der Waals surface area contributed by atoms with Crippen molar-refractivity contribution in [1.82, 2.24) is 0 Å². The lowest BCUT2D eigenvalue weighted by molar-refractivity contribution is 0.0944. The van der Waals surface area contributed by atoms with Gasteiger partial charge in [-0.15, -0.1) is 0 Å². The van der Waals surface area contributed by atoms with Crippen LogP contribution in [0.25, 0.3) is 0 Å². The van der Waals surface area contributed by atoms with Gasteiger partial charge in [-0.1, -0.05) is 44.7 Å². The highest BCUT2D eigenvalue weighted by Crippen LogP contribution is 2.36. The van der Waals surface area contributed by atoms with Gasteiger partial charge in [0, 0.05) is 17.6 Å². The van der Waals surface area contributed by atoms with Crippen LogP contribution in [0.4, 0.5) is 5.69 Å². The van der Waals surface area contributed by atoms with Crippen molar-refractivity contribution in [1.29, 1.82) is 0 Å². The number of aliphatic hydroxyl groups excluding tert-OH is 1. The van der Waals surface area contributed by atoms with E-state index < -0.39 is 0 Å². The normalized spacial score (nSPS) is 17.9. The fourth-order valence-electron chi connectivity index (χ4n) is 3.15. The smallest absolute Gasteiger partial charge is 0.0504 e. The molecule has 0 radical (unpaired) electrons. The largest absolute Gasteiger partial charge is 0.396 e. The van der Waals surface area contributed by atoms with Gasteiger partial charge >= 0.3 is 0 Å². The molecule has 0 amide bonds. The van der Waals surface area contributed by atoms with E-state index in [9.17, 15) is 5.11 Å². The standard InChI is InChI=1S/C18H29NO/c1-2-3-7-16-8-10-17(11-9-16)19-14-18(15-20)12-5-4-6-13-18/h8-11,19-20H,2-7,12-15H2,1H3. The number of anilines is 1. The summed E-state index contributed by atoms with van der Waals surface area (Å²) in [5, 5.41) is 13.3. The summed E-state index contributed by atoms with van der Waals surface area (Å²) in [4.78, 5) is 0. The predicted molar refractivity (Wildman–Crippen MR) is 86.1 cm³/mol. The summed E-state index contributed by atoms with van der Waals surface area (Å²) >= 11 is 0. The van der Waals surface area contributed by atoms with Gasteiger partial charge in [0.25, 0.3) is 0 Å². The summed E-state index contributed by atoms with van der Waals surface area (Å²) in [6.07, 6.45) is 9.86. The first-order valence-electron chi connectivity index (χ1n) is 8.22. The number of hydrogen-bond acceptors (Lipinski definition) is 2. The fraction of sp³-hybridized carbons (Fsp3) is 0.667. The minimum atomic E-state index is 0.110. The van der Waals surface area contributed by atoms with E-state index in [-0.39, 0.29) is 5.41 Å². The molecule has 0 unspecified atom stereocenters. The summed E-state index contributed by atoms with van der Waals surface area (Å²) in [6, 6.07) is 8.81. The number of nitrogens with one attached hydrogen (secondary N) is 1. The monoisotopic (exact) mass is 275 g/mol. The Balaban J connectivity index is 1.86. The number of benzene rings is 1. The van der Waals surface area contributed by atoms with Gasteiger partial charge in [-0.2, -0.15) is 0 Å². The van der Waals surface area contributed by atoms with E-state index in [0.29, 0.717) is 6.61 Å². The third kappa shape index (κ3) is 4.24. The third-order valence-electron chi connectivity index (χ3n) is 4.69. The Kier molecular flexibility index (Phi) is 5.90. The van der Waals surface area contributed by atoms with Crippen molar-refractivity contribution >= 4 is 5.69 Å². The molecule has 0 bridgehead atoms. The molecule has 0 spiro atoms. The van der Waals surface area contributed by atoms with Crippen LogP contribution >= 0.6 is 0 Å². The Morgan fingerprint density at radius 2 is 1.80 bits per heavy atom. The van der Waals surface area contributed by atoms with Gasteiger partial charge in [-0.25, -0.2) is 0 Å². The highest BCUT2D eigenvalue weighted by molar-refractivity contribution is 5.44. The molecular weight excluding hydrogens is 246 g/mol. The summed E-state index contributed by atoms with van der Waals surface area (Å²) in [5.74, 6) is 0.